The standard InChI is InChI=1S/C20H36N2O4P2/c1-15(2)21(16(3)4)27(22(17(5)6)18(7)8)26-20-12-10-9-11-19(20)13-14-25-28(23)24/h9-12,15-18H,13-14H2,1-8H3/p+1. The molecule has 1 N–H and O–H groups in total. The number of hydrogen-bond acceptors (Lipinski definition) is 5. The van der Waals surface area contributed by atoms with Crippen LogP contribution in [0.15, 0.2) is 24.3 Å². The van der Waals surface area contributed by atoms with Crippen LogP contribution < -0.4 is 4.52 Å². The van der Waals surface area contributed by atoms with Crippen molar-refractivity contribution in [2.75, 3.05) is 6.61 Å². The van der Waals surface area contributed by atoms with Crippen LogP contribution in [0.5, 0.6) is 5.75 Å². The normalized spacial score (nSPS) is 13.1. The van der Waals surface area contributed by atoms with Gasteiger partial charge in [-0.2, -0.15) is 0 Å². The monoisotopic (exact) mass is 431 g/mol. The largest absolute Gasteiger partial charge is 0.694 e. The van der Waals surface area contributed by atoms with Crippen molar-refractivity contribution in [1.29, 1.82) is 0 Å². The zero-order chi connectivity index (χ0) is 21.4. The van der Waals surface area contributed by atoms with Crippen LogP contribution in [0.4, 0.5) is 0 Å². The summed E-state index contributed by atoms with van der Waals surface area (Å²) in [5, 5.41) is 0. The lowest BCUT2D eigenvalue weighted by molar-refractivity contribution is 0.224. The summed E-state index contributed by atoms with van der Waals surface area (Å²) in [7, 11) is -3.63. The average Bonchev–Trinajstić information content (AvgIpc) is 2.54. The molecule has 0 bridgehead atoms. The molecule has 0 aliphatic carbocycles. The van der Waals surface area contributed by atoms with Gasteiger partial charge in [0.2, 0.25) is 8.45 Å². The summed E-state index contributed by atoms with van der Waals surface area (Å²) >= 11 is 0. The molecule has 0 saturated heterocycles. The van der Waals surface area contributed by atoms with Crippen molar-refractivity contribution in [1.82, 2.24) is 9.34 Å². The summed E-state index contributed by atoms with van der Waals surface area (Å²) in [5.41, 5.74) is 0.978. The second kappa shape index (κ2) is 12.2. The molecule has 0 radical (unpaired) electrons. The number of para-hydroxylation sites is 1. The van der Waals surface area contributed by atoms with E-state index in [2.05, 4.69) is 64.7 Å². The predicted molar refractivity (Wildman–Crippen MR) is 118 cm³/mol. The lowest BCUT2D eigenvalue weighted by Gasteiger charge is -2.45. The minimum Gasteiger partial charge on any atom is -0.444 e. The number of rotatable bonds is 12. The van der Waals surface area contributed by atoms with Gasteiger partial charge in [0.25, 0.3) is 0 Å². The highest BCUT2D eigenvalue weighted by Crippen LogP contribution is 2.51. The molecule has 6 nitrogen and oxygen atoms in total. The molecule has 1 unspecified atom stereocenters. The summed E-state index contributed by atoms with van der Waals surface area (Å²) in [4.78, 5) is 8.88. The van der Waals surface area contributed by atoms with Crippen LogP contribution in [-0.4, -0.2) is 45.0 Å². The van der Waals surface area contributed by atoms with Gasteiger partial charge in [0.1, 0.15) is 12.4 Å². The molecule has 160 valence electrons. The minimum absolute atomic E-state index is 0.181. The van der Waals surface area contributed by atoms with E-state index in [0.29, 0.717) is 30.6 Å². The number of nitrogens with zero attached hydrogens (tertiary/aromatic N) is 2. The van der Waals surface area contributed by atoms with Crippen LogP contribution in [0.3, 0.4) is 0 Å². The van der Waals surface area contributed by atoms with Crippen LogP contribution in [-0.2, 0) is 15.5 Å². The molecule has 1 aromatic rings. The topological polar surface area (TPSA) is 62.2 Å². The van der Waals surface area contributed by atoms with E-state index in [1.165, 1.54) is 0 Å². The maximum Gasteiger partial charge on any atom is 0.694 e. The second-order valence-electron chi connectivity index (χ2n) is 7.91. The molecule has 0 heterocycles. The van der Waals surface area contributed by atoms with Gasteiger partial charge in [0, 0.05) is 35.2 Å². The van der Waals surface area contributed by atoms with E-state index in [4.69, 9.17) is 13.9 Å². The van der Waals surface area contributed by atoms with Crippen LogP contribution >= 0.6 is 16.7 Å². The zero-order valence-corrected chi connectivity index (χ0v) is 20.3. The average molecular weight is 431 g/mol. The molecular weight excluding hydrogens is 394 g/mol. The molecule has 1 atom stereocenters. The highest BCUT2D eigenvalue weighted by Gasteiger charge is 2.36. The van der Waals surface area contributed by atoms with Gasteiger partial charge >= 0.3 is 8.25 Å². The van der Waals surface area contributed by atoms with E-state index in [1.54, 1.807) is 0 Å². The maximum atomic E-state index is 10.8. The van der Waals surface area contributed by atoms with Gasteiger partial charge in [-0.3, -0.25) is 0 Å². The van der Waals surface area contributed by atoms with Gasteiger partial charge in [0.05, 0.1) is 0 Å². The Labute approximate surface area is 173 Å². The van der Waals surface area contributed by atoms with Crippen molar-refractivity contribution in [2.24, 2.45) is 0 Å². The molecule has 0 fully saturated rings. The quantitative estimate of drug-likeness (QED) is 0.426. The molecule has 1 rings (SSSR count). The Bertz CT molecular complexity index is 576. The molecule has 1 aromatic carbocycles. The van der Waals surface area contributed by atoms with E-state index < -0.39 is 16.7 Å². The van der Waals surface area contributed by atoms with E-state index in [0.717, 1.165) is 11.3 Å². The molecule has 28 heavy (non-hydrogen) atoms. The first kappa shape index (κ1) is 25.4. The Kier molecular flexibility index (Phi) is 11.1. The first-order valence-corrected chi connectivity index (χ1v) is 12.3. The smallest absolute Gasteiger partial charge is 0.444 e. The van der Waals surface area contributed by atoms with Crippen molar-refractivity contribution in [3.05, 3.63) is 29.8 Å². The molecule has 0 spiro atoms. The fraction of sp³-hybridized carbons (Fsp3) is 0.700. The first-order chi connectivity index (χ1) is 13.1. The summed E-state index contributed by atoms with van der Waals surface area (Å²) in [5.74, 6) is 0.808. The third-order valence-electron chi connectivity index (χ3n) is 4.24. The molecule has 0 aliphatic heterocycles. The summed E-state index contributed by atoms with van der Waals surface area (Å²) in [6.07, 6.45) is 0.522. The molecule has 0 saturated carbocycles. The predicted octanol–water partition coefficient (Wildman–Crippen LogP) is 5.74. The maximum absolute atomic E-state index is 10.8. The Balaban J connectivity index is 3.24. The number of hydrogen-bond donors (Lipinski definition) is 1. The minimum atomic E-state index is -2.58. The van der Waals surface area contributed by atoms with Gasteiger partial charge in [-0.05, 0) is 67.0 Å². The lowest BCUT2D eigenvalue weighted by Crippen LogP contribution is -2.44. The van der Waals surface area contributed by atoms with Crippen molar-refractivity contribution < 1.29 is 18.5 Å². The molecular formula is C20H37N2O4P2+. The first-order valence-electron chi connectivity index (χ1n) is 9.97. The van der Waals surface area contributed by atoms with E-state index in [9.17, 15) is 4.57 Å². The van der Waals surface area contributed by atoms with Crippen LogP contribution in [0.25, 0.3) is 0 Å². The van der Waals surface area contributed by atoms with Crippen LogP contribution in [0, 0.1) is 0 Å². The second-order valence-corrected chi connectivity index (χ2v) is 10.3. The van der Waals surface area contributed by atoms with E-state index in [-0.39, 0.29) is 6.61 Å². The lowest BCUT2D eigenvalue weighted by atomic mass is 10.1. The van der Waals surface area contributed by atoms with Gasteiger partial charge in [0.15, 0.2) is 0 Å². The highest BCUT2D eigenvalue weighted by molar-refractivity contribution is 7.47. The van der Waals surface area contributed by atoms with Gasteiger partial charge in [-0.1, -0.05) is 18.2 Å². The van der Waals surface area contributed by atoms with Crippen molar-refractivity contribution in [2.45, 2.75) is 86.0 Å². The molecule has 0 amide bonds. The van der Waals surface area contributed by atoms with E-state index >= 15 is 0 Å². The summed E-state index contributed by atoms with van der Waals surface area (Å²) in [6, 6.07) is 9.21. The van der Waals surface area contributed by atoms with Gasteiger partial charge in [-0.25, -0.2) is 9.34 Å². The third kappa shape index (κ3) is 7.67. The van der Waals surface area contributed by atoms with Gasteiger partial charge < -0.3 is 4.52 Å². The summed E-state index contributed by atoms with van der Waals surface area (Å²) in [6.45, 7) is 17.8. The Morgan fingerprint density at radius 1 is 0.929 bits per heavy atom. The SMILES string of the molecule is CC(C)N(C(C)C)P(Oc1ccccc1CCO[P+](=O)O)N(C(C)C)C(C)C. The van der Waals surface area contributed by atoms with E-state index in [1.807, 2.05) is 24.3 Å². The number of benzene rings is 1. The van der Waals surface area contributed by atoms with Crippen molar-refractivity contribution in [3.8, 4) is 5.75 Å². The summed E-state index contributed by atoms with van der Waals surface area (Å²) < 4.78 is 27.2. The van der Waals surface area contributed by atoms with Crippen LogP contribution in [0.2, 0.25) is 0 Å². The van der Waals surface area contributed by atoms with Crippen LogP contribution in [0.1, 0.15) is 61.0 Å². The Morgan fingerprint density at radius 2 is 1.39 bits per heavy atom. The Hall–Kier alpha value is -0.610. The molecule has 0 aromatic heterocycles. The molecule has 0 aliphatic rings. The molecule has 8 heteroatoms. The van der Waals surface area contributed by atoms with Gasteiger partial charge in [-0.15, -0.1) is 9.42 Å². The Morgan fingerprint density at radius 3 is 1.82 bits per heavy atom. The fourth-order valence-corrected chi connectivity index (χ4v) is 5.93. The fourth-order valence-electron chi connectivity index (χ4n) is 3.32. The van der Waals surface area contributed by atoms with Crippen molar-refractivity contribution in [3.63, 3.8) is 0 Å². The highest BCUT2D eigenvalue weighted by atomic mass is 31.2. The zero-order valence-electron chi connectivity index (χ0n) is 18.5. The van der Waals surface area contributed by atoms with Crippen molar-refractivity contribution >= 4 is 16.7 Å². The third-order valence-corrected chi connectivity index (χ3v) is 7.64.